The maximum absolute atomic E-state index is 12.7. The Kier molecular flexibility index (Phi) is 6.00. The van der Waals surface area contributed by atoms with E-state index < -0.39 is 6.04 Å². The van der Waals surface area contributed by atoms with E-state index in [4.69, 9.17) is 0 Å². The fourth-order valence-electron chi connectivity index (χ4n) is 3.60. The second-order valence-corrected chi connectivity index (χ2v) is 7.93. The van der Waals surface area contributed by atoms with Crippen LogP contribution in [0.4, 0.5) is 0 Å². The molecule has 2 aromatic carbocycles. The molecule has 1 fully saturated rings. The number of hydrogen-bond donors (Lipinski definition) is 1. The van der Waals surface area contributed by atoms with E-state index in [9.17, 15) is 9.59 Å². The lowest BCUT2D eigenvalue weighted by atomic mass is 10.1. The van der Waals surface area contributed by atoms with Gasteiger partial charge in [-0.2, -0.15) is 0 Å². The number of nitrogens with zero attached hydrogens (tertiary/aromatic N) is 2. The van der Waals surface area contributed by atoms with Gasteiger partial charge in [-0.05, 0) is 25.0 Å². The zero-order chi connectivity index (χ0) is 20.1. The first-order valence-corrected chi connectivity index (χ1v) is 10.7. The third-order valence-electron chi connectivity index (χ3n) is 5.09. The zero-order valence-corrected chi connectivity index (χ0v) is 16.9. The van der Waals surface area contributed by atoms with E-state index in [1.54, 1.807) is 28.4 Å². The van der Waals surface area contributed by atoms with Crippen molar-refractivity contribution in [1.82, 2.24) is 15.2 Å². The SMILES string of the molecule is O=C(NCCc1csc(-c2ccccc2)n1)[C@H]1CCCN1C(=O)c1ccccc1. The molecule has 29 heavy (non-hydrogen) atoms. The Morgan fingerprint density at radius 3 is 2.55 bits per heavy atom. The van der Waals surface area contributed by atoms with Crippen molar-refractivity contribution in [3.63, 3.8) is 0 Å². The molecule has 0 saturated carbocycles. The Morgan fingerprint density at radius 1 is 1.07 bits per heavy atom. The number of aromatic nitrogens is 1. The summed E-state index contributed by atoms with van der Waals surface area (Å²) in [5.74, 6) is -0.152. The Labute approximate surface area is 174 Å². The molecule has 1 N–H and O–H groups in total. The first-order chi connectivity index (χ1) is 14.2. The summed E-state index contributed by atoms with van der Waals surface area (Å²) in [7, 11) is 0. The molecule has 1 saturated heterocycles. The Bertz CT molecular complexity index is 972. The number of thiazole rings is 1. The second-order valence-electron chi connectivity index (χ2n) is 7.07. The van der Waals surface area contributed by atoms with Gasteiger partial charge in [-0.1, -0.05) is 48.5 Å². The molecular weight excluding hydrogens is 382 g/mol. The molecule has 3 aromatic rings. The molecule has 1 aliphatic rings. The molecule has 0 bridgehead atoms. The van der Waals surface area contributed by atoms with Crippen molar-refractivity contribution in [2.24, 2.45) is 0 Å². The molecule has 4 rings (SSSR count). The normalized spacial score (nSPS) is 16.0. The lowest BCUT2D eigenvalue weighted by molar-refractivity contribution is -0.124. The van der Waals surface area contributed by atoms with Crippen LogP contribution in [0.15, 0.2) is 66.0 Å². The van der Waals surface area contributed by atoms with Crippen LogP contribution in [0.5, 0.6) is 0 Å². The minimum absolute atomic E-state index is 0.0738. The van der Waals surface area contributed by atoms with Crippen LogP contribution in [0.25, 0.3) is 10.6 Å². The minimum Gasteiger partial charge on any atom is -0.354 e. The van der Waals surface area contributed by atoms with Crippen LogP contribution < -0.4 is 5.32 Å². The van der Waals surface area contributed by atoms with E-state index in [2.05, 4.69) is 10.3 Å². The van der Waals surface area contributed by atoms with Crippen molar-refractivity contribution in [1.29, 1.82) is 0 Å². The maximum atomic E-state index is 12.7. The third-order valence-corrected chi connectivity index (χ3v) is 6.03. The van der Waals surface area contributed by atoms with Crippen LogP contribution in [0.1, 0.15) is 28.9 Å². The van der Waals surface area contributed by atoms with E-state index in [1.165, 1.54) is 0 Å². The van der Waals surface area contributed by atoms with Gasteiger partial charge < -0.3 is 10.2 Å². The van der Waals surface area contributed by atoms with Crippen LogP contribution in [0, 0.1) is 0 Å². The maximum Gasteiger partial charge on any atom is 0.254 e. The molecular formula is C23H23N3O2S. The molecule has 2 amide bonds. The highest BCUT2D eigenvalue weighted by Crippen LogP contribution is 2.23. The summed E-state index contributed by atoms with van der Waals surface area (Å²) in [6.45, 7) is 1.14. The van der Waals surface area contributed by atoms with Gasteiger partial charge in [0.2, 0.25) is 5.91 Å². The van der Waals surface area contributed by atoms with Crippen LogP contribution in [-0.2, 0) is 11.2 Å². The largest absolute Gasteiger partial charge is 0.354 e. The summed E-state index contributed by atoms with van der Waals surface area (Å²) in [5.41, 5.74) is 2.70. The molecule has 1 aromatic heterocycles. The molecule has 0 unspecified atom stereocenters. The number of benzene rings is 2. The summed E-state index contributed by atoms with van der Waals surface area (Å²) in [5, 5.41) is 6.02. The van der Waals surface area contributed by atoms with Crippen LogP contribution >= 0.6 is 11.3 Å². The van der Waals surface area contributed by atoms with Crippen LogP contribution in [0.2, 0.25) is 0 Å². The first kappa shape index (κ1) is 19.3. The van der Waals surface area contributed by atoms with Gasteiger partial charge in [0.05, 0.1) is 5.69 Å². The molecule has 5 nitrogen and oxygen atoms in total. The van der Waals surface area contributed by atoms with Crippen molar-refractivity contribution in [2.45, 2.75) is 25.3 Å². The molecule has 0 spiro atoms. The van der Waals surface area contributed by atoms with Crippen molar-refractivity contribution < 1.29 is 9.59 Å². The highest BCUT2D eigenvalue weighted by atomic mass is 32.1. The molecule has 6 heteroatoms. The van der Waals surface area contributed by atoms with Gasteiger partial charge in [-0.3, -0.25) is 9.59 Å². The number of amides is 2. The molecule has 1 aliphatic heterocycles. The van der Waals surface area contributed by atoms with E-state index in [0.29, 0.717) is 31.5 Å². The number of nitrogens with one attached hydrogen (secondary N) is 1. The molecule has 0 aliphatic carbocycles. The van der Waals surface area contributed by atoms with E-state index in [1.807, 2.05) is 53.9 Å². The lowest BCUT2D eigenvalue weighted by Gasteiger charge is -2.24. The summed E-state index contributed by atoms with van der Waals surface area (Å²) >= 11 is 1.61. The monoisotopic (exact) mass is 405 g/mol. The Hall–Kier alpha value is -2.99. The van der Waals surface area contributed by atoms with Crippen molar-refractivity contribution in [2.75, 3.05) is 13.1 Å². The van der Waals surface area contributed by atoms with Gasteiger partial charge in [0.15, 0.2) is 0 Å². The quantitative estimate of drug-likeness (QED) is 0.679. The highest BCUT2D eigenvalue weighted by molar-refractivity contribution is 7.13. The fourth-order valence-corrected chi connectivity index (χ4v) is 4.46. The van der Waals surface area contributed by atoms with E-state index in [-0.39, 0.29) is 11.8 Å². The van der Waals surface area contributed by atoms with Crippen molar-refractivity contribution in [3.8, 4) is 10.6 Å². The van der Waals surface area contributed by atoms with Crippen LogP contribution in [0.3, 0.4) is 0 Å². The average molecular weight is 406 g/mol. The second kappa shape index (κ2) is 9.01. The van der Waals surface area contributed by atoms with E-state index >= 15 is 0 Å². The number of carbonyl (C=O) groups is 2. The lowest BCUT2D eigenvalue weighted by Crippen LogP contribution is -2.46. The fraction of sp³-hybridized carbons (Fsp3) is 0.261. The first-order valence-electron chi connectivity index (χ1n) is 9.86. The Morgan fingerprint density at radius 2 is 1.79 bits per heavy atom. The third kappa shape index (κ3) is 4.54. The van der Waals surface area contributed by atoms with Crippen LogP contribution in [-0.4, -0.2) is 40.8 Å². The average Bonchev–Trinajstić information content (AvgIpc) is 3.44. The van der Waals surface area contributed by atoms with E-state index in [0.717, 1.165) is 22.7 Å². The summed E-state index contributed by atoms with van der Waals surface area (Å²) in [4.78, 5) is 31.8. The van der Waals surface area contributed by atoms with Gasteiger partial charge in [-0.25, -0.2) is 4.98 Å². The van der Waals surface area contributed by atoms with Gasteiger partial charge in [0.25, 0.3) is 5.91 Å². The number of rotatable bonds is 6. The summed E-state index contributed by atoms with van der Waals surface area (Å²) < 4.78 is 0. The predicted molar refractivity (Wildman–Crippen MR) is 115 cm³/mol. The molecule has 1 atom stereocenters. The standard InChI is InChI=1S/C23H23N3O2S/c27-21(20-12-7-15-26(20)23(28)18-10-5-2-6-11-18)24-14-13-19-16-29-22(25-19)17-8-3-1-4-9-17/h1-6,8-11,16,20H,7,12-15H2,(H,24,27)/t20-/m1/s1. The zero-order valence-electron chi connectivity index (χ0n) is 16.1. The van der Waals surface area contributed by atoms with Crippen molar-refractivity contribution in [3.05, 3.63) is 77.3 Å². The van der Waals surface area contributed by atoms with Gasteiger partial charge in [-0.15, -0.1) is 11.3 Å². The summed E-state index contributed by atoms with van der Waals surface area (Å²) in [6, 6.07) is 18.8. The summed E-state index contributed by atoms with van der Waals surface area (Å²) in [6.07, 6.45) is 2.23. The topological polar surface area (TPSA) is 62.3 Å². The predicted octanol–water partition coefficient (Wildman–Crippen LogP) is 3.77. The van der Waals surface area contributed by atoms with Gasteiger partial charge >= 0.3 is 0 Å². The molecule has 148 valence electrons. The number of hydrogen-bond acceptors (Lipinski definition) is 4. The van der Waals surface area contributed by atoms with Gasteiger partial charge in [0.1, 0.15) is 11.0 Å². The number of likely N-dealkylation sites (tertiary alicyclic amines) is 1. The van der Waals surface area contributed by atoms with Gasteiger partial charge in [0, 0.05) is 36.0 Å². The Balaban J connectivity index is 1.31. The number of carbonyl (C=O) groups excluding carboxylic acids is 2. The smallest absolute Gasteiger partial charge is 0.254 e. The molecule has 0 radical (unpaired) electrons. The van der Waals surface area contributed by atoms with Crippen molar-refractivity contribution >= 4 is 23.2 Å². The molecule has 2 heterocycles. The highest BCUT2D eigenvalue weighted by Gasteiger charge is 2.34. The minimum atomic E-state index is -0.391.